The van der Waals surface area contributed by atoms with Crippen LogP contribution in [0, 0.1) is 5.41 Å². The molecule has 1 aliphatic carbocycles. The zero-order valence-electron chi connectivity index (χ0n) is 19.1. The number of aliphatic carboxylic acids is 1. The van der Waals surface area contributed by atoms with Gasteiger partial charge in [0.05, 0.1) is 11.0 Å². The number of fused-ring (bicyclic) bond motifs is 3. The summed E-state index contributed by atoms with van der Waals surface area (Å²) in [5, 5.41) is 14.3. The van der Waals surface area contributed by atoms with Crippen LogP contribution in [0.3, 0.4) is 0 Å². The lowest BCUT2D eigenvalue weighted by Crippen LogP contribution is -2.61. The zero-order valence-corrected chi connectivity index (χ0v) is 19.1. The Labute approximate surface area is 188 Å². The predicted octanol–water partition coefficient (Wildman–Crippen LogP) is 3.92. The molecule has 0 aromatic heterocycles. The van der Waals surface area contributed by atoms with E-state index in [4.69, 9.17) is 9.84 Å². The first-order valence-electron chi connectivity index (χ1n) is 10.6. The number of carboxylic acid groups (broad SMARTS) is 1. The lowest BCUT2D eigenvalue weighted by atomic mass is 9.73. The summed E-state index contributed by atoms with van der Waals surface area (Å²) in [5.74, 6) is -1.67. The van der Waals surface area contributed by atoms with Crippen molar-refractivity contribution in [2.75, 3.05) is 6.61 Å². The highest BCUT2D eigenvalue weighted by Gasteiger charge is 2.45. The van der Waals surface area contributed by atoms with E-state index >= 15 is 0 Å². The second-order valence-electron chi connectivity index (χ2n) is 9.23. The van der Waals surface area contributed by atoms with E-state index in [0.717, 1.165) is 22.3 Å². The normalized spacial score (nSPS) is 14.2. The third-order valence-corrected chi connectivity index (χ3v) is 6.61. The van der Waals surface area contributed by atoms with Crippen molar-refractivity contribution in [3.8, 4) is 11.1 Å². The number of ether oxygens (including phenoxy) is 1. The van der Waals surface area contributed by atoms with Crippen molar-refractivity contribution in [3.05, 3.63) is 59.7 Å². The Balaban J connectivity index is 1.68. The lowest BCUT2D eigenvalue weighted by Gasteiger charge is -2.40. The highest BCUT2D eigenvalue weighted by Crippen LogP contribution is 2.44. The van der Waals surface area contributed by atoms with Crippen LogP contribution in [0.2, 0.25) is 0 Å². The van der Waals surface area contributed by atoms with Crippen LogP contribution in [-0.4, -0.2) is 41.3 Å². The molecule has 0 spiro atoms. The van der Waals surface area contributed by atoms with E-state index in [-0.39, 0.29) is 12.5 Å². The van der Waals surface area contributed by atoms with Gasteiger partial charge in [-0.25, -0.2) is 4.79 Å². The van der Waals surface area contributed by atoms with Crippen molar-refractivity contribution in [2.45, 2.75) is 52.1 Å². The number of amides is 2. The van der Waals surface area contributed by atoms with Crippen molar-refractivity contribution in [2.24, 2.45) is 5.41 Å². The maximum absolute atomic E-state index is 12.7. The molecule has 2 amide bonds. The summed E-state index contributed by atoms with van der Waals surface area (Å²) in [7, 11) is 0. The van der Waals surface area contributed by atoms with Gasteiger partial charge in [0, 0.05) is 5.92 Å². The molecule has 0 bridgehead atoms. The van der Waals surface area contributed by atoms with Crippen LogP contribution in [0.15, 0.2) is 48.5 Å². The van der Waals surface area contributed by atoms with E-state index < -0.39 is 35.0 Å². The summed E-state index contributed by atoms with van der Waals surface area (Å²) < 4.78 is 5.59. The average molecular weight is 439 g/mol. The molecule has 32 heavy (non-hydrogen) atoms. The molecule has 0 heterocycles. The summed E-state index contributed by atoms with van der Waals surface area (Å²) in [6, 6.07) is 15.1. The number of benzene rings is 2. The fourth-order valence-corrected chi connectivity index (χ4v) is 3.77. The standard InChI is InChI=1S/C25H30N2O5/c1-15(21(28)29)26-22(30)24(2,3)25(4,5)27-23(31)32-14-20-18-12-8-6-10-16(18)17-11-7-9-13-19(17)20/h6-13,15,20H,14H2,1-5H3,(H,26,30)(H,27,31)(H,28,29)/t15-/m0/s1. The molecule has 2 aromatic carbocycles. The summed E-state index contributed by atoms with van der Waals surface area (Å²) in [6.07, 6.45) is -0.635. The molecule has 0 saturated carbocycles. The molecule has 0 saturated heterocycles. The van der Waals surface area contributed by atoms with E-state index in [1.807, 2.05) is 36.4 Å². The van der Waals surface area contributed by atoms with Crippen LogP contribution >= 0.6 is 0 Å². The van der Waals surface area contributed by atoms with Crippen molar-refractivity contribution in [1.82, 2.24) is 10.6 Å². The molecule has 2 aromatic rings. The molecule has 3 rings (SSSR count). The van der Waals surface area contributed by atoms with E-state index in [1.54, 1.807) is 27.7 Å². The lowest BCUT2D eigenvalue weighted by molar-refractivity contribution is -0.144. The zero-order chi connectivity index (χ0) is 23.7. The first-order valence-corrected chi connectivity index (χ1v) is 10.6. The van der Waals surface area contributed by atoms with Gasteiger partial charge in [-0.05, 0) is 56.9 Å². The van der Waals surface area contributed by atoms with Gasteiger partial charge in [0.15, 0.2) is 0 Å². The minimum atomic E-state index is -1.13. The van der Waals surface area contributed by atoms with Gasteiger partial charge in [0.1, 0.15) is 12.6 Å². The van der Waals surface area contributed by atoms with E-state index in [1.165, 1.54) is 6.92 Å². The third kappa shape index (κ3) is 4.33. The van der Waals surface area contributed by atoms with Gasteiger partial charge < -0.3 is 20.5 Å². The topological polar surface area (TPSA) is 105 Å². The summed E-state index contributed by atoms with van der Waals surface area (Å²) in [6.45, 7) is 8.28. The van der Waals surface area contributed by atoms with Crippen LogP contribution in [0.25, 0.3) is 11.1 Å². The van der Waals surface area contributed by atoms with Gasteiger partial charge in [0.2, 0.25) is 5.91 Å². The molecule has 1 aliphatic rings. The van der Waals surface area contributed by atoms with Gasteiger partial charge >= 0.3 is 12.1 Å². The quantitative estimate of drug-likeness (QED) is 0.608. The van der Waals surface area contributed by atoms with Crippen LogP contribution in [0.1, 0.15) is 51.7 Å². The van der Waals surface area contributed by atoms with Crippen LogP contribution < -0.4 is 10.6 Å². The Morgan fingerprint density at radius 2 is 1.47 bits per heavy atom. The fraction of sp³-hybridized carbons (Fsp3) is 0.400. The average Bonchev–Trinajstić information content (AvgIpc) is 3.05. The SMILES string of the molecule is C[C@H](NC(=O)C(C)(C)C(C)(C)NC(=O)OCC1c2ccccc2-c2ccccc21)C(=O)O. The Morgan fingerprint density at radius 3 is 1.97 bits per heavy atom. The predicted molar refractivity (Wildman–Crippen MR) is 121 cm³/mol. The highest BCUT2D eigenvalue weighted by atomic mass is 16.5. The highest BCUT2D eigenvalue weighted by molar-refractivity contribution is 5.88. The molecule has 7 nitrogen and oxygen atoms in total. The van der Waals surface area contributed by atoms with E-state index in [0.29, 0.717) is 0 Å². The van der Waals surface area contributed by atoms with Crippen LogP contribution in [0.5, 0.6) is 0 Å². The van der Waals surface area contributed by atoms with Crippen molar-refractivity contribution in [3.63, 3.8) is 0 Å². The minimum absolute atomic E-state index is 0.0658. The molecular formula is C25H30N2O5. The van der Waals surface area contributed by atoms with Gasteiger partial charge in [-0.3, -0.25) is 9.59 Å². The van der Waals surface area contributed by atoms with Crippen molar-refractivity contribution in [1.29, 1.82) is 0 Å². The monoisotopic (exact) mass is 438 g/mol. The van der Waals surface area contributed by atoms with Crippen LogP contribution in [-0.2, 0) is 14.3 Å². The first-order chi connectivity index (χ1) is 15.0. The molecule has 0 radical (unpaired) electrons. The molecular weight excluding hydrogens is 408 g/mol. The smallest absolute Gasteiger partial charge is 0.407 e. The Bertz CT molecular complexity index is 999. The summed E-state index contributed by atoms with van der Waals surface area (Å²) in [4.78, 5) is 36.4. The first kappa shape index (κ1) is 23.3. The number of hydrogen-bond donors (Lipinski definition) is 3. The molecule has 0 fully saturated rings. The Morgan fingerprint density at radius 1 is 0.969 bits per heavy atom. The van der Waals surface area contributed by atoms with E-state index in [9.17, 15) is 14.4 Å². The fourth-order valence-electron chi connectivity index (χ4n) is 3.77. The minimum Gasteiger partial charge on any atom is -0.480 e. The summed E-state index contributed by atoms with van der Waals surface area (Å²) in [5.41, 5.74) is 2.41. The molecule has 7 heteroatoms. The third-order valence-electron chi connectivity index (χ3n) is 6.61. The number of hydrogen-bond acceptors (Lipinski definition) is 4. The maximum Gasteiger partial charge on any atom is 0.407 e. The number of rotatable bonds is 7. The molecule has 0 aliphatic heterocycles. The number of carbonyl (C=O) groups is 3. The van der Waals surface area contributed by atoms with Crippen molar-refractivity contribution >= 4 is 18.0 Å². The second-order valence-corrected chi connectivity index (χ2v) is 9.23. The largest absolute Gasteiger partial charge is 0.480 e. The number of alkyl carbamates (subject to hydrolysis) is 1. The van der Waals surface area contributed by atoms with Gasteiger partial charge in [-0.2, -0.15) is 0 Å². The van der Waals surface area contributed by atoms with E-state index in [2.05, 4.69) is 22.8 Å². The molecule has 3 N–H and O–H groups in total. The van der Waals surface area contributed by atoms with Gasteiger partial charge in [-0.1, -0.05) is 48.5 Å². The van der Waals surface area contributed by atoms with Crippen LogP contribution in [0.4, 0.5) is 4.79 Å². The molecule has 170 valence electrons. The van der Waals surface area contributed by atoms with Gasteiger partial charge in [-0.15, -0.1) is 0 Å². The number of carbonyl (C=O) groups excluding carboxylic acids is 2. The number of carboxylic acids is 1. The Hall–Kier alpha value is -3.35. The Kier molecular flexibility index (Phi) is 6.30. The van der Waals surface area contributed by atoms with Gasteiger partial charge in [0.25, 0.3) is 0 Å². The maximum atomic E-state index is 12.7. The second kappa shape index (κ2) is 8.65. The summed E-state index contributed by atoms with van der Waals surface area (Å²) >= 11 is 0. The molecule has 1 atom stereocenters. The van der Waals surface area contributed by atoms with Crippen molar-refractivity contribution < 1.29 is 24.2 Å². The molecule has 0 unspecified atom stereocenters. The number of nitrogens with one attached hydrogen (secondary N) is 2.